The molecule has 2 atom stereocenters. The first-order valence-corrected chi connectivity index (χ1v) is 5.99. The van der Waals surface area contributed by atoms with Gasteiger partial charge in [-0.3, -0.25) is 0 Å². The van der Waals surface area contributed by atoms with E-state index in [1.165, 1.54) is 0 Å². The van der Waals surface area contributed by atoms with Crippen LogP contribution in [0.5, 0.6) is 5.75 Å². The van der Waals surface area contributed by atoms with Gasteiger partial charge in [0.15, 0.2) is 6.10 Å². The summed E-state index contributed by atoms with van der Waals surface area (Å²) < 4.78 is 10.4. The fourth-order valence-electron chi connectivity index (χ4n) is 1.60. The van der Waals surface area contributed by atoms with E-state index in [2.05, 4.69) is 5.32 Å². The number of rotatable bonds is 4. The Morgan fingerprint density at radius 2 is 2.44 bits per heavy atom. The Hall–Kier alpha value is -1.46. The SMILES string of the molecule is C[C@@H](O)c1ccc(OCC2CNC(=O)O2)c(Cl)c1. The van der Waals surface area contributed by atoms with Gasteiger partial charge >= 0.3 is 6.09 Å². The Morgan fingerprint density at radius 1 is 1.67 bits per heavy atom. The minimum absolute atomic E-state index is 0.243. The molecule has 1 aliphatic rings. The Balaban J connectivity index is 1.95. The van der Waals surface area contributed by atoms with Crippen molar-refractivity contribution in [3.05, 3.63) is 28.8 Å². The summed E-state index contributed by atoms with van der Waals surface area (Å²) in [5.74, 6) is 0.504. The van der Waals surface area contributed by atoms with Crippen molar-refractivity contribution in [3.63, 3.8) is 0 Å². The van der Waals surface area contributed by atoms with Gasteiger partial charge in [-0.05, 0) is 24.6 Å². The molecule has 1 saturated heterocycles. The number of amides is 1. The minimum atomic E-state index is -0.573. The molecule has 1 fully saturated rings. The number of ether oxygens (including phenoxy) is 2. The molecule has 2 N–H and O–H groups in total. The number of carbonyl (C=O) groups is 1. The van der Waals surface area contributed by atoms with Crippen molar-refractivity contribution in [3.8, 4) is 5.75 Å². The molecule has 18 heavy (non-hydrogen) atoms. The molecular weight excluding hydrogens is 258 g/mol. The van der Waals surface area contributed by atoms with Gasteiger partial charge in [0.25, 0.3) is 0 Å². The lowest BCUT2D eigenvalue weighted by Gasteiger charge is -2.13. The first-order chi connectivity index (χ1) is 8.56. The van der Waals surface area contributed by atoms with E-state index >= 15 is 0 Å². The minimum Gasteiger partial charge on any atom is -0.488 e. The number of halogens is 1. The van der Waals surface area contributed by atoms with E-state index in [0.29, 0.717) is 17.3 Å². The second kappa shape index (κ2) is 5.46. The van der Waals surface area contributed by atoms with E-state index in [1.807, 2.05) is 0 Å². The number of benzene rings is 1. The molecule has 1 unspecified atom stereocenters. The zero-order valence-corrected chi connectivity index (χ0v) is 10.6. The third kappa shape index (κ3) is 3.05. The van der Waals surface area contributed by atoms with E-state index < -0.39 is 12.2 Å². The summed E-state index contributed by atoms with van der Waals surface area (Å²) in [7, 11) is 0. The fourth-order valence-corrected chi connectivity index (χ4v) is 1.85. The second-order valence-electron chi connectivity index (χ2n) is 4.09. The zero-order chi connectivity index (χ0) is 13.1. The highest BCUT2D eigenvalue weighted by molar-refractivity contribution is 6.32. The summed E-state index contributed by atoms with van der Waals surface area (Å²) in [6, 6.07) is 5.08. The summed E-state index contributed by atoms with van der Waals surface area (Å²) in [5, 5.41) is 12.4. The van der Waals surface area contributed by atoms with Crippen LogP contribution >= 0.6 is 11.6 Å². The number of alkyl carbamates (subject to hydrolysis) is 1. The van der Waals surface area contributed by atoms with E-state index in [4.69, 9.17) is 21.1 Å². The van der Waals surface area contributed by atoms with Gasteiger partial charge in [-0.2, -0.15) is 0 Å². The van der Waals surface area contributed by atoms with Crippen molar-refractivity contribution in [1.82, 2.24) is 5.32 Å². The fraction of sp³-hybridized carbons (Fsp3) is 0.417. The number of aliphatic hydroxyl groups excluding tert-OH is 1. The average molecular weight is 272 g/mol. The number of hydrogen-bond donors (Lipinski definition) is 2. The van der Waals surface area contributed by atoms with Gasteiger partial charge in [-0.1, -0.05) is 17.7 Å². The lowest BCUT2D eigenvalue weighted by molar-refractivity contribution is 0.105. The van der Waals surface area contributed by atoms with E-state index in [0.717, 1.165) is 5.56 Å². The largest absolute Gasteiger partial charge is 0.488 e. The molecule has 98 valence electrons. The van der Waals surface area contributed by atoms with Crippen LogP contribution in [0.1, 0.15) is 18.6 Å². The Labute approximate surface area is 110 Å². The molecule has 2 rings (SSSR count). The molecule has 0 saturated carbocycles. The molecule has 0 aromatic heterocycles. The summed E-state index contributed by atoms with van der Waals surface area (Å²) in [6.45, 7) is 2.34. The van der Waals surface area contributed by atoms with Gasteiger partial charge < -0.3 is 19.9 Å². The van der Waals surface area contributed by atoms with E-state index in [9.17, 15) is 9.90 Å². The first kappa shape index (κ1) is 13.0. The van der Waals surface area contributed by atoms with Crippen molar-refractivity contribution < 1.29 is 19.4 Å². The third-order valence-corrected chi connectivity index (χ3v) is 2.91. The molecule has 0 aliphatic carbocycles. The maximum Gasteiger partial charge on any atom is 0.407 e. The number of carbonyl (C=O) groups excluding carboxylic acids is 1. The summed E-state index contributed by atoms with van der Waals surface area (Å²) in [5.41, 5.74) is 0.723. The maximum atomic E-state index is 10.8. The Morgan fingerprint density at radius 3 is 3.00 bits per heavy atom. The predicted molar refractivity (Wildman–Crippen MR) is 65.9 cm³/mol. The highest BCUT2D eigenvalue weighted by Crippen LogP contribution is 2.28. The number of hydrogen-bond acceptors (Lipinski definition) is 4. The predicted octanol–water partition coefficient (Wildman–Crippen LogP) is 1.88. The van der Waals surface area contributed by atoms with Crippen molar-refractivity contribution >= 4 is 17.7 Å². The van der Waals surface area contributed by atoms with Gasteiger partial charge in [-0.25, -0.2) is 4.79 Å². The molecule has 1 aliphatic heterocycles. The van der Waals surface area contributed by atoms with Crippen molar-refractivity contribution in [2.75, 3.05) is 13.2 Å². The molecule has 1 amide bonds. The van der Waals surface area contributed by atoms with Crippen LogP contribution in [0.15, 0.2) is 18.2 Å². The zero-order valence-electron chi connectivity index (χ0n) is 9.85. The van der Waals surface area contributed by atoms with Gasteiger partial charge in [0.1, 0.15) is 12.4 Å². The van der Waals surface area contributed by atoms with Gasteiger partial charge in [0, 0.05) is 0 Å². The van der Waals surface area contributed by atoms with Crippen LogP contribution in [0, 0.1) is 0 Å². The smallest absolute Gasteiger partial charge is 0.407 e. The van der Waals surface area contributed by atoms with Gasteiger partial charge in [0.05, 0.1) is 17.7 Å². The third-order valence-electron chi connectivity index (χ3n) is 2.61. The van der Waals surface area contributed by atoms with Crippen LogP contribution in [0.25, 0.3) is 0 Å². The van der Waals surface area contributed by atoms with E-state index in [-0.39, 0.29) is 12.7 Å². The van der Waals surface area contributed by atoms with Gasteiger partial charge in [0.2, 0.25) is 0 Å². The lowest BCUT2D eigenvalue weighted by atomic mass is 10.1. The maximum absolute atomic E-state index is 10.8. The standard InChI is InChI=1S/C12H14ClNO4/c1-7(15)8-2-3-11(10(13)4-8)17-6-9-5-14-12(16)18-9/h2-4,7,9,15H,5-6H2,1H3,(H,14,16)/t7-,9?/m1/s1. The highest BCUT2D eigenvalue weighted by Gasteiger charge is 2.23. The van der Waals surface area contributed by atoms with Crippen molar-refractivity contribution in [2.45, 2.75) is 19.1 Å². The lowest BCUT2D eigenvalue weighted by Crippen LogP contribution is -2.22. The van der Waals surface area contributed by atoms with Crippen LogP contribution in [-0.4, -0.2) is 30.5 Å². The van der Waals surface area contributed by atoms with Crippen LogP contribution in [0.3, 0.4) is 0 Å². The Bertz CT molecular complexity index is 450. The van der Waals surface area contributed by atoms with Crippen LogP contribution in [0.4, 0.5) is 4.79 Å². The van der Waals surface area contributed by atoms with Gasteiger partial charge in [-0.15, -0.1) is 0 Å². The topological polar surface area (TPSA) is 67.8 Å². The monoisotopic (exact) mass is 271 g/mol. The van der Waals surface area contributed by atoms with Crippen LogP contribution in [0.2, 0.25) is 5.02 Å². The van der Waals surface area contributed by atoms with Crippen LogP contribution < -0.4 is 10.1 Å². The van der Waals surface area contributed by atoms with Crippen molar-refractivity contribution in [2.24, 2.45) is 0 Å². The van der Waals surface area contributed by atoms with Crippen molar-refractivity contribution in [1.29, 1.82) is 0 Å². The molecule has 1 aromatic rings. The highest BCUT2D eigenvalue weighted by atomic mass is 35.5. The average Bonchev–Trinajstić information content (AvgIpc) is 2.73. The molecule has 1 aromatic carbocycles. The number of nitrogens with one attached hydrogen (secondary N) is 1. The molecule has 0 spiro atoms. The van der Waals surface area contributed by atoms with E-state index in [1.54, 1.807) is 25.1 Å². The molecule has 0 radical (unpaired) electrons. The molecule has 1 heterocycles. The first-order valence-electron chi connectivity index (χ1n) is 5.61. The summed E-state index contributed by atoms with van der Waals surface area (Å²) in [6.07, 6.45) is -1.30. The summed E-state index contributed by atoms with van der Waals surface area (Å²) >= 11 is 6.03. The molecule has 0 bridgehead atoms. The van der Waals surface area contributed by atoms with Crippen LogP contribution in [-0.2, 0) is 4.74 Å². The second-order valence-corrected chi connectivity index (χ2v) is 4.49. The summed E-state index contributed by atoms with van der Waals surface area (Å²) in [4.78, 5) is 10.8. The number of aliphatic hydroxyl groups is 1. The molecular formula is C12H14ClNO4. The molecule has 6 heteroatoms. The molecule has 5 nitrogen and oxygen atoms in total. The quantitative estimate of drug-likeness (QED) is 0.877. The Kier molecular flexibility index (Phi) is 3.93. The number of cyclic esters (lactones) is 1. The normalized spacial score (nSPS) is 20.2.